The van der Waals surface area contributed by atoms with Gasteiger partial charge in [-0.2, -0.15) is 0 Å². The van der Waals surface area contributed by atoms with Gasteiger partial charge >= 0.3 is 0 Å². The van der Waals surface area contributed by atoms with E-state index in [-0.39, 0.29) is 28.7 Å². The van der Waals surface area contributed by atoms with Crippen molar-refractivity contribution >= 4 is 50.7 Å². The van der Waals surface area contributed by atoms with Crippen molar-refractivity contribution in [3.63, 3.8) is 0 Å². The standard InChI is InChI=1S/C21H24Cl2FN3O4S/c1-4-18(21(29)25-2)26(12-14-5-8-16(24)9-6-14)20(28)13-27(32(3,30)31)19-11-15(22)7-10-17(19)23/h5-11,18H,4,12-13H2,1-3H3,(H,25,29)/t18-/m0/s1. The molecule has 32 heavy (non-hydrogen) atoms. The molecule has 2 aromatic rings. The van der Waals surface area contributed by atoms with Crippen LogP contribution in [0.5, 0.6) is 0 Å². The molecule has 0 bridgehead atoms. The van der Waals surface area contributed by atoms with Gasteiger partial charge in [-0.1, -0.05) is 42.3 Å². The maximum atomic E-state index is 13.4. The number of anilines is 1. The number of amides is 2. The lowest BCUT2D eigenvalue weighted by Gasteiger charge is -2.32. The summed E-state index contributed by atoms with van der Waals surface area (Å²) in [6, 6.07) is 8.88. The number of hydrogen-bond acceptors (Lipinski definition) is 4. The molecule has 2 amide bonds. The Bertz CT molecular complexity index is 1080. The van der Waals surface area contributed by atoms with Gasteiger partial charge < -0.3 is 10.2 Å². The minimum absolute atomic E-state index is 0.0219. The van der Waals surface area contributed by atoms with Gasteiger partial charge in [0.25, 0.3) is 0 Å². The van der Waals surface area contributed by atoms with Crippen LogP contribution in [0.4, 0.5) is 10.1 Å². The first-order valence-electron chi connectivity index (χ1n) is 9.66. The molecule has 2 rings (SSSR count). The Morgan fingerprint density at radius 1 is 1.12 bits per heavy atom. The third-order valence-corrected chi connectivity index (χ3v) is 6.44. The van der Waals surface area contributed by atoms with Gasteiger partial charge in [-0.15, -0.1) is 0 Å². The Kier molecular flexibility index (Phi) is 8.89. The van der Waals surface area contributed by atoms with Crippen LogP contribution < -0.4 is 9.62 Å². The van der Waals surface area contributed by atoms with Gasteiger partial charge in [0, 0.05) is 18.6 Å². The molecule has 2 aromatic carbocycles. The molecule has 0 aliphatic heterocycles. The van der Waals surface area contributed by atoms with Gasteiger partial charge in [0.15, 0.2) is 0 Å². The molecule has 0 aromatic heterocycles. The van der Waals surface area contributed by atoms with E-state index in [9.17, 15) is 22.4 Å². The Morgan fingerprint density at radius 3 is 2.28 bits per heavy atom. The zero-order valence-electron chi connectivity index (χ0n) is 17.8. The average Bonchev–Trinajstić information content (AvgIpc) is 2.73. The molecule has 0 aliphatic rings. The van der Waals surface area contributed by atoms with Gasteiger partial charge in [0.1, 0.15) is 18.4 Å². The highest BCUT2D eigenvalue weighted by molar-refractivity contribution is 7.92. The number of likely N-dealkylation sites (N-methyl/N-ethyl adjacent to an activating group) is 1. The van der Waals surface area contributed by atoms with Crippen molar-refractivity contribution in [2.75, 3.05) is 24.2 Å². The zero-order valence-corrected chi connectivity index (χ0v) is 20.1. The summed E-state index contributed by atoms with van der Waals surface area (Å²) < 4.78 is 39.2. The van der Waals surface area contributed by atoms with Crippen LogP contribution >= 0.6 is 23.2 Å². The lowest BCUT2D eigenvalue weighted by molar-refractivity contribution is -0.140. The van der Waals surface area contributed by atoms with Crippen molar-refractivity contribution in [3.05, 3.63) is 63.9 Å². The maximum Gasteiger partial charge on any atom is 0.244 e. The average molecular weight is 504 g/mol. The summed E-state index contributed by atoms with van der Waals surface area (Å²) in [6.07, 6.45) is 1.22. The minimum atomic E-state index is -3.93. The van der Waals surface area contributed by atoms with Gasteiger partial charge in [-0.3, -0.25) is 13.9 Å². The summed E-state index contributed by atoms with van der Waals surface area (Å²) in [7, 11) is -2.49. The third kappa shape index (κ3) is 6.57. The second-order valence-corrected chi connectivity index (χ2v) is 9.80. The molecule has 0 heterocycles. The van der Waals surface area contributed by atoms with Crippen LogP contribution in [0.3, 0.4) is 0 Å². The van der Waals surface area contributed by atoms with Crippen LogP contribution in [0.15, 0.2) is 42.5 Å². The van der Waals surface area contributed by atoms with Crippen molar-refractivity contribution in [2.24, 2.45) is 0 Å². The zero-order chi connectivity index (χ0) is 24.1. The van der Waals surface area contributed by atoms with Crippen LogP contribution in [0, 0.1) is 5.82 Å². The summed E-state index contributed by atoms with van der Waals surface area (Å²) in [4.78, 5) is 27.1. The summed E-state index contributed by atoms with van der Waals surface area (Å²) in [5.74, 6) is -1.48. The molecule has 0 aliphatic carbocycles. The van der Waals surface area contributed by atoms with E-state index >= 15 is 0 Å². The van der Waals surface area contributed by atoms with Crippen LogP contribution in [0.2, 0.25) is 10.0 Å². The van der Waals surface area contributed by atoms with E-state index in [1.807, 2.05) is 0 Å². The molecule has 0 saturated heterocycles. The van der Waals surface area contributed by atoms with Gasteiger partial charge in [0.05, 0.1) is 17.0 Å². The van der Waals surface area contributed by atoms with Crippen molar-refractivity contribution < 1.29 is 22.4 Å². The lowest BCUT2D eigenvalue weighted by atomic mass is 10.1. The number of halogens is 3. The van der Waals surface area contributed by atoms with E-state index in [4.69, 9.17) is 23.2 Å². The molecule has 0 spiro atoms. The van der Waals surface area contributed by atoms with Crippen molar-refractivity contribution in [1.29, 1.82) is 0 Å². The van der Waals surface area contributed by atoms with E-state index in [1.54, 1.807) is 6.92 Å². The third-order valence-electron chi connectivity index (χ3n) is 4.75. The van der Waals surface area contributed by atoms with Gasteiger partial charge in [0.2, 0.25) is 21.8 Å². The highest BCUT2D eigenvalue weighted by atomic mass is 35.5. The second-order valence-electron chi connectivity index (χ2n) is 7.05. The number of nitrogens with zero attached hydrogens (tertiary/aromatic N) is 2. The highest BCUT2D eigenvalue weighted by Crippen LogP contribution is 2.31. The monoisotopic (exact) mass is 503 g/mol. The fourth-order valence-corrected chi connectivity index (χ4v) is 4.43. The number of sulfonamides is 1. The Hall–Kier alpha value is -2.36. The molecule has 174 valence electrons. The largest absolute Gasteiger partial charge is 0.357 e. The lowest BCUT2D eigenvalue weighted by Crippen LogP contribution is -2.51. The van der Waals surface area contributed by atoms with Crippen molar-refractivity contribution in [2.45, 2.75) is 25.9 Å². The molecular formula is C21H24Cl2FN3O4S. The summed E-state index contributed by atoms with van der Waals surface area (Å²) in [5, 5.41) is 2.85. The molecule has 0 fully saturated rings. The van der Waals surface area contributed by atoms with E-state index in [1.165, 1.54) is 54.4 Å². The van der Waals surface area contributed by atoms with Gasteiger partial charge in [-0.25, -0.2) is 12.8 Å². The number of carbonyl (C=O) groups is 2. The molecule has 0 unspecified atom stereocenters. The smallest absolute Gasteiger partial charge is 0.244 e. The summed E-state index contributed by atoms with van der Waals surface area (Å²) in [5.41, 5.74) is 0.624. The summed E-state index contributed by atoms with van der Waals surface area (Å²) >= 11 is 12.2. The van der Waals surface area contributed by atoms with E-state index < -0.39 is 40.2 Å². The fraction of sp³-hybridized carbons (Fsp3) is 0.333. The van der Waals surface area contributed by atoms with Crippen molar-refractivity contribution in [3.8, 4) is 0 Å². The Labute approximate surface area is 197 Å². The maximum absolute atomic E-state index is 13.4. The normalized spacial score (nSPS) is 12.2. The Balaban J connectivity index is 2.46. The molecule has 1 atom stereocenters. The molecule has 0 radical (unpaired) electrons. The molecule has 7 nitrogen and oxygen atoms in total. The van der Waals surface area contributed by atoms with E-state index in [2.05, 4.69) is 5.32 Å². The fourth-order valence-electron chi connectivity index (χ4n) is 3.14. The first kappa shape index (κ1) is 25.9. The van der Waals surface area contributed by atoms with Crippen molar-refractivity contribution in [1.82, 2.24) is 10.2 Å². The first-order valence-corrected chi connectivity index (χ1v) is 12.3. The first-order chi connectivity index (χ1) is 15.0. The van der Waals surface area contributed by atoms with Crippen LogP contribution in [0.1, 0.15) is 18.9 Å². The number of nitrogens with one attached hydrogen (secondary N) is 1. The molecule has 0 saturated carbocycles. The van der Waals surface area contributed by atoms with E-state index in [0.29, 0.717) is 5.56 Å². The SMILES string of the molecule is CC[C@@H](C(=O)NC)N(Cc1ccc(F)cc1)C(=O)CN(c1cc(Cl)ccc1Cl)S(C)(=O)=O. The Morgan fingerprint density at radius 2 is 1.75 bits per heavy atom. The van der Waals surface area contributed by atoms with Crippen LogP contribution in [0.25, 0.3) is 0 Å². The summed E-state index contributed by atoms with van der Waals surface area (Å²) in [6.45, 7) is 1.10. The predicted molar refractivity (Wildman–Crippen MR) is 124 cm³/mol. The van der Waals surface area contributed by atoms with E-state index in [0.717, 1.165) is 10.6 Å². The van der Waals surface area contributed by atoms with Crippen LogP contribution in [-0.2, 0) is 26.2 Å². The number of hydrogen-bond donors (Lipinski definition) is 1. The number of benzene rings is 2. The predicted octanol–water partition coefficient (Wildman–Crippen LogP) is 3.45. The number of carbonyl (C=O) groups excluding carboxylic acids is 2. The number of rotatable bonds is 9. The topological polar surface area (TPSA) is 86.8 Å². The molecule has 11 heteroatoms. The van der Waals surface area contributed by atoms with Gasteiger partial charge in [-0.05, 0) is 42.3 Å². The highest BCUT2D eigenvalue weighted by Gasteiger charge is 2.32. The van der Waals surface area contributed by atoms with Crippen LogP contribution in [-0.4, -0.2) is 51.0 Å². The molecule has 1 N–H and O–H groups in total. The minimum Gasteiger partial charge on any atom is -0.357 e. The quantitative estimate of drug-likeness (QED) is 0.567. The second kappa shape index (κ2) is 11.0. The molecular weight excluding hydrogens is 480 g/mol.